The monoisotopic (exact) mass is 690 g/mol. The van der Waals surface area contributed by atoms with Crippen LogP contribution in [0.25, 0.3) is 22.2 Å². The molecule has 1 aromatic carbocycles. The molecule has 51 heavy (non-hydrogen) atoms. The summed E-state index contributed by atoms with van der Waals surface area (Å²) < 4.78 is 23.8. The van der Waals surface area contributed by atoms with Crippen LogP contribution in [0.5, 0.6) is 11.5 Å². The zero-order valence-electron chi connectivity index (χ0n) is 28.7. The van der Waals surface area contributed by atoms with Gasteiger partial charge < -0.3 is 40.1 Å². The van der Waals surface area contributed by atoms with Crippen molar-refractivity contribution in [1.29, 1.82) is 0 Å². The lowest BCUT2D eigenvalue weighted by atomic mass is 9.89. The zero-order valence-corrected chi connectivity index (χ0v) is 28.7. The van der Waals surface area contributed by atoms with Crippen LogP contribution in [0.2, 0.25) is 0 Å². The van der Waals surface area contributed by atoms with Crippen LogP contribution >= 0.6 is 0 Å². The van der Waals surface area contributed by atoms with Crippen molar-refractivity contribution in [3.05, 3.63) is 93.3 Å². The van der Waals surface area contributed by atoms with E-state index in [1.807, 2.05) is 30.5 Å². The van der Waals surface area contributed by atoms with Crippen molar-refractivity contribution < 1.29 is 28.5 Å². The number of anilines is 2. The number of carbonyl (C=O) groups excluding carboxylic acids is 1. The van der Waals surface area contributed by atoms with E-state index in [1.54, 1.807) is 39.8 Å². The number of allylic oxidation sites excluding steroid dienone is 1. The van der Waals surface area contributed by atoms with Gasteiger partial charge in [-0.15, -0.1) is 0 Å². The summed E-state index contributed by atoms with van der Waals surface area (Å²) in [5.74, 6) is 0.786. The molecule has 5 N–H and O–H groups in total. The predicted octanol–water partition coefficient (Wildman–Crippen LogP) is 4.51. The lowest BCUT2D eigenvalue weighted by Crippen LogP contribution is -2.50. The number of carbonyl (C=O) groups is 1. The van der Waals surface area contributed by atoms with Crippen LogP contribution in [0.15, 0.2) is 74.7 Å². The number of aromatic nitrogens is 2. The highest BCUT2D eigenvalue weighted by Crippen LogP contribution is 2.45. The molecule has 0 amide bonds. The topological polar surface area (TPSA) is 192 Å². The number of epoxide rings is 1. The molecule has 13 heteroatoms. The van der Waals surface area contributed by atoms with E-state index in [-0.39, 0.29) is 34.7 Å². The summed E-state index contributed by atoms with van der Waals surface area (Å²) in [7, 11) is 0. The van der Waals surface area contributed by atoms with Crippen molar-refractivity contribution >= 4 is 34.3 Å². The Hall–Kier alpha value is -5.69. The molecule has 4 aliphatic rings. The van der Waals surface area contributed by atoms with E-state index in [4.69, 9.17) is 30.1 Å². The second-order valence-electron chi connectivity index (χ2n) is 14.3. The molecule has 0 aliphatic carbocycles. The first-order valence-corrected chi connectivity index (χ1v) is 16.9. The number of nitrogen functional groups attached to an aromatic ring is 2. The molecular weight excluding hydrogens is 652 g/mol. The Morgan fingerprint density at radius 3 is 2.71 bits per heavy atom. The third-order valence-corrected chi connectivity index (χ3v) is 9.97. The maximum absolute atomic E-state index is 13.5. The predicted molar refractivity (Wildman–Crippen MR) is 190 cm³/mol. The van der Waals surface area contributed by atoms with E-state index in [9.17, 15) is 14.7 Å². The first-order valence-electron chi connectivity index (χ1n) is 16.9. The second kappa shape index (κ2) is 11.7. The van der Waals surface area contributed by atoms with Crippen LogP contribution in [-0.2, 0) is 33.7 Å². The lowest BCUT2D eigenvalue weighted by molar-refractivity contribution is -0.167. The highest BCUT2D eigenvalue weighted by molar-refractivity contribution is 6.07. The summed E-state index contributed by atoms with van der Waals surface area (Å²) in [4.78, 5) is 41.9. The van der Waals surface area contributed by atoms with Crippen LogP contribution in [0.4, 0.5) is 11.6 Å². The summed E-state index contributed by atoms with van der Waals surface area (Å²) in [6.07, 6.45) is 5.99. The number of aliphatic imine (C=N–C) groups is 1. The Balaban J connectivity index is 0.934. The standard InChI is InChI=1S/C38H38N6O7/c1-19-9-27(45)34-29(48-19)15-28-24(35(34)46)14-31(37(2,3)50-28)49-36(47)38(4)30(51-38)6-5-20-10-25(43-32(39)11-20)22-12-23(42-33(40)13-22)17-44-16-21-7-8-41-26(21)18-44/h7-13,15-16,30-31,46H,5-6,14,17-18H2,1-4H3,(H2,39,43)(H2,40,42). The average Bonchev–Trinajstić information content (AvgIpc) is 3.30. The highest BCUT2D eigenvalue weighted by Gasteiger charge is 2.60. The largest absolute Gasteiger partial charge is 0.507 e. The number of hydrogen-bond acceptors (Lipinski definition) is 13. The molecule has 7 heterocycles. The quantitative estimate of drug-likeness (QED) is 0.173. The van der Waals surface area contributed by atoms with Crippen LogP contribution < -0.4 is 21.6 Å². The van der Waals surface area contributed by atoms with Gasteiger partial charge in [0, 0.05) is 47.7 Å². The molecule has 3 unspecified atom stereocenters. The third-order valence-electron chi connectivity index (χ3n) is 9.97. The molecule has 1 fully saturated rings. The minimum Gasteiger partial charge on any atom is -0.507 e. The Morgan fingerprint density at radius 1 is 1.10 bits per heavy atom. The highest BCUT2D eigenvalue weighted by atomic mass is 16.7. The first kappa shape index (κ1) is 32.5. The number of phenolic OH excluding ortho intramolecular Hbond substituents is 1. The molecule has 0 spiro atoms. The van der Waals surface area contributed by atoms with Gasteiger partial charge in [-0.05, 0) is 76.4 Å². The molecular formula is C38H38N6O7. The summed E-state index contributed by atoms with van der Waals surface area (Å²) in [6, 6.07) is 10.5. The summed E-state index contributed by atoms with van der Waals surface area (Å²) in [5, 5.41) is 11.1. The summed E-state index contributed by atoms with van der Waals surface area (Å²) in [6.45, 7) is 8.27. The van der Waals surface area contributed by atoms with E-state index < -0.39 is 23.3 Å². The summed E-state index contributed by atoms with van der Waals surface area (Å²) >= 11 is 0. The zero-order chi connectivity index (χ0) is 35.8. The molecule has 0 bridgehead atoms. The number of rotatable bonds is 8. The molecule has 0 saturated carbocycles. The molecule has 13 nitrogen and oxygen atoms in total. The van der Waals surface area contributed by atoms with Crippen molar-refractivity contribution in [1.82, 2.24) is 14.9 Å². The number of fused-ring (bicyclic) bond motifs is 3. The van der Waals surface area contributed by atoms with Gasteiger partial charge in [0.05, 0.1) is 36.3 Å². The Labute approximate surface area is 293 Å². The molecule has 1 saturated heterocycles. The summed E-state index contributed by atoms with van der Waals surface area (Å²) in [5.41, 5.74) is 16.0. The second-order valence-corrected chi connectivity index (χ2v) is 14.3. The van der Waals surface area contributed by atoms with Crippen LogP contribution in [0.1, 0.15) is 49.8 Å². The number of esters is 1. The number of phenols is 1. The number of nitrogens with two attached hydrogens (primary N) is 2. The molecule has 0 radical (unpaired) electrons. The Morgan fingerprint density at radius 2 is 1.90 bits per heavy atom. The van der Waals surface area contributed by atoms with Crippen molar-refractivity contribution in [3.8, 4) is 22.8 Å². The average molecular weight is 691 g/mol. The number of hydrogen-bond donors (Lipinski definition) is 3. The fraction of sp³-hybridized carbons (Fsp3) is 0.342. The van der Waals surface area contributed by atoms with Crippen molar-refractivity contribution in [3.63, 3.8) is 0 Å². The van der Waals surface area contributed by atoms with Crippen molar-refractivity contribution in [2.75, 3.05) is 18.0 Å². The van der Waals surface area contributed by atoms with Gasteiger partial charge in [0.1, 0.15) is 51.6 Å². The first-order chi connectivity index (χ1) is 24.3. The number of ether oxygens (including phenoxy) is 3. The third kappa shape index (κ3) is 5.97. The molecule has 262 valence electrons. The fourth-order valence-corrected chi connectivity index (χ4v) is 7.13. The number of aryl methyl sites for hydroxylation is 2. The van der Waals surface area contributed by atoms with Crippen molar-refractivity contribution in [2.24, 2.45) is 4.99 Å². The van der Waals surface area contributed by atoms with Crippen LogP contribution in [-0.4, -0.2) is 61.6 Å². The molecule has 3 aromatic heterocycles. The SMILES string of the molecule is Cc1cc(=O)c2c(O)c3c(cc2o1)OC(C)(C)C(OC(=O)C1(C)OC1CCc1cc(N)nc(-c2cc(N)nc(CN4C=C5C=CN=C5C4)c2)c1)C3. The number of benzene rings is 1. The molecule has 4 aromatic rings. The number of nitrogens with zero attached hydrogens (tertiary/aromatic N) is 4. The molecule has 8 rings (SSSR count). The minimum atomic E-state index is -1.15. The van der Waals surface area contributed by atoms with E-state index in [1.165, 1.54) is 6.07 Å². The fourth-order valence-electron chi connectivity index (χ4n) is 7.13. The van der Waals surface area contributed by atoms with Gasteiger partial charge >= 0.3 is 5.97 Å². The van der Waals surface area contributed by atoms with Gasteiger partial charge in [0.15, 0.2) is 11.0 Å². The lowest BCUT2D eigenvalue weighted by Gasteiger charge is -2.39. The van der Waals surface area contributed by atoms with Crippen LogP contribution in [0.3, 0.4) is 0 Å². The number of aromatic hydroxyl groups is 1. The van der Waals surface area contributed by atoms with E-state index >= 15 is 0 Å². The molecule has 3 atom stereocenters. The number of pyridine rings is 2. The molecule has 4 aliphatic heterocycles. The van der Waals surface area contributed by atoms with Gasteiger partial charge in [-0.2, -0.15) is 0 Å². The van der Waals surface area contributed by atoms with Gasteiger partial charge in [-0.1, -0.05) is 0 Å². The Bertz CT molecular complexity index is 2290. The van der Waals surface area contributed by atoms with E-state index in [0.717, 1.165) is 28.1 Å². The Kier molecular flexibility index (Phi) is 7.45. The van der Waals surface area contributed by atoms with Gasteiger partial charge in [-0.25, -0.2) is 14.8 Å². The maximum atomic E-state index is 13.5. The smallest absolute Gasteiger partial charge is 0.341 e. The van der Waals surface area contributed by atoms with Crippen molar-refractivity contribution in [2.45, 2.75) is 76.9 Å². The van der Waals surface area contributed by atoms with E-state index in [2.05, 4.69) is 26.1 Å². The maximum Gasteiger partial charge on any atom is 0.341 e. The van der Waals surface area contributed by atoms with E-state index in [0.29, 0.717) is 60.3 Å². The normalized spacial score (nSPS) is 22.6. The van der Waals surface area contributed by atoms with Gasteiger partial charge in [0.25, 0.3) is 0 Å². The van der Waals surface area contributed by atoms with Crippen LogP contribution in [0, 0.1) is 6.92 Å². The van der Waals surface area contributed by atoms with Gasteiger partial charge in [-0.3, -0.25) is 9.79 Å². The minimum absolute atomic E-state index is 0.0635. The van der Waals surface area contributed by atoms with Gasteiger partial charge in [0.2, 0.25) is 0 Å².